The molecule has 0 unspecified atom stereocenters. The van der Waals surface area contributed by atoms with Crippen molar-refractivity contribution >= 4 is 80.0 Å². The fourth-order valence-corrected chi connectivity index (χ4v) is 22.2. The maximum absolute atomic E-state index is 2.57. The van der Waals surface area contributed by atoms with Gasteiger partial charge in [0, 0.05) is 10.8 Å². The second-order valence-electron chi connectivity index (χ2n) is 24.0. The van der Waals surface area contributed by atoms with Crippen LogP contribution in [0, 0.1) is 0 Å². The summed E-state index contributed by atoms with van der Waals surface area (Å²) in [5, 5.41) is 16.4. The van der Waals surface area contributed by atoms with Crippen LogP contribution in [0.1, 0.15) is 49.9 Å². The van der Waals surface area contributed by atoms with E-state index in [0.29, 0.717) is 0 Å². The van der Waals surface area contributed by atoms with Crippen molar-refractivity contribution in [1.29, 1.82) is 0 Å². The predicted octanol–water partition coefficient (Wildman–Crippen LogP) is 17.6. The molecule has 2 heteroatoms. The summed E-state index contributed by atoms with van der Waals surface area (Å²) in [5.41, 5.74) is 18.5. The standard InChI is InChI=1S/C74H62Si2/c1-73(2)64-36-16-18-40-68(64)75(5,6)71-58(34-22-38-66(71)73)60-44-50(42-48-26-12-14-28-52(48)60)54-30-20-32-56-62(54)46-63-55(31-21-33-57(63)70(56)47-24-10-9-11-25-47)51-43-49-27-13-15-29-53(49)61(45-51)59-35-23-39-67-72(59)76(7,8)69-41-19-17-37-65(69)74(67,3)4/h9-46H,1-8H3. The Bertz CT molecular complexity index is 4140. The molecule has 12 aromatic carbocycles. The average Bonchev–Trinajstić information content (AvgIpc) is 3.63. The summed E-state index contributed by atoms with van der Waals surface area (Å²) in [6, 6.07) is 88.7. The topological polar surface area (TPSA) is 0 Å². The van der Waals surface area contributed by atoms with E-state index in [1.165, 1.54) is 121 Å². The van der Waals surface area contributed by atoms with Gasteiger partial charge < -0.3 is 0 Å². The van der Waals surface area contributed by atoms with E-state index >= 15 is 0 Å². The zero-order chi connectivity index (χ0) is 51.9. The third kappa shape index (κ3) is 6.73. The van der Waals surface area contributed by atoms with Crippen LogP contribution >= 0.6 is 0 Å². The molecule has 14 rings (SSSR count). The number of fused-ring (bicyclic) bond motifs is 8. The van der Waals surface area contributed by atoms with E-state index in [4.69, 9.17) is 0 Å². The summed E-state index contributed by atoms with van der Waals surface area (Å²) < 4.78 is 0. The molecule has 0 spiro atoms. The second-order valence-corrected chi connectivity index (χ2v) is 32.5. The van der Waals surface area contributed by atoms with Crippen LogP contribution in [0.2, 0.25) is 26.2 Å². The van der Waals surface area contributed by atoms with Gasteiger partial charge in [0.2, 0.25) is 0 Å². The summed E-state index contributed by atoms with van der Waals surface area (Å²) in [6.45, 7) is 20.0. The van der Waals surface area contributed by atoms with Gasteiger partial charge >= 0.3 is 0 Å². The van der Waals surface area contributed by atoms with Crippen molar-refractivity contribution < 1.29 is 0 Å². The van der Waals surface area contributed by atoms with Gasteiger partial charge in [-0.1, -0.05) is 264 Å². The van der Waals surface area contributed by atoms with Crippen molar-refractivity contribution in [1.82, 2.24) is 0 Å². The number of rotatable bonds is 5. The van der Waals surface area contributed by atoms with Crippen molar-refractivity contribution in [2.75, 3.05) is 0 Å². The lowest BCUT2D eigenvalue weighted by Crippen LogP contribution is -2.62. The van der Waals surface area contributed by atoms with Crippen LogP contribution in [0.15, 0.2) is 231 Å². The monoisotopic (exact) mass is 1010 g/mol. The molecule has 0 atom stereocenters. The molecule has 0 nitrogen and oxygen atoms in total. The molecular weight excluding hydrogens is 945 g/mol. The highest BCUT2D eigenvalue weighted by Crippen LogP contribution is 2.47. The highest BCUT2D eigenvalue weighted by Gasteiger charge is 2.45. The lowest BCUT2D eigenvalue weighted by atomic mass is 9.76. The molecule has 0 fully saturated rings. The van der Waals surface area contributed by atoms with Crippen LogP contribution < -0.4 is 20.7 Å². The van der Waals surface area contributed by atoms with Gasteiger partial charge in [0.1, 0.15) is 16.1 Å². The van der Waals surface area contributed by atoms with E-state index < -0.39 is 16.1 Å². The first-order valence-electron chi connectivity index (χ1n) is 27.3. The molecule has 0 N–H and O–H groups in total. The quantitative estimate of drug-likeness (QED) is 0.119. The Hall–Kier alpha value is -7.89. The maximum Gasteiger partial charge on any atom is 0.113 e. The Morgan fingerprint density at radius 3 is 1.11 bits per heavy atom. The van der Waals surface area contributed by atoms with Gasteiger partial charge in [0.15, 0.2) is 0 Å². The molecule has 366 valence electrons. The van der Waals surface area contributed by atoms with Gasteiger partial charge in [-0.2, -0.15) is 0 Å². The fourth-order valence-electron chi connectivity index (χ4n) is 14.6. The minimum atomic E-state index is -2.17. The van der Waals surface area contributed by atoms with Gasteiger partial charge in [0.25, 0.3) is 0 Å². The minimum Gasteiger partial charge on any atom is -0.0623 e. The van der Waals surface area contributed by atoms with Gasteiger partial charge in [-0.05, 0) is 162 Å². The van der Waals surface area contributed by atoms with E-state index in [-0.39, 0.29) is 10.8 Å². The van der Waals surface area contributed by atoms with Crippen LogP contribution in [-0.4, -0.2) is 16.1 Å². The third-order valence-corrected chi connectivity index (χ3v) is 25.4. The predicted molar refractivity (Wildman–Crippen MR) is 334 cm³/mol. The highest BCUT2D eigenvalue weighted by molar-refractivity contribution is 7.02. The van der Waals surface area contributed by atoms with E-state index in [1.807, 2.05) is 0 Å². The summed E-state index contributed by atoms with van der Waals surface area (Å²) >= 11 is 0. The molecule has 2 aliphatic rings. The molecule has 0 bridgehead atoms. The molecule has 0 amide bonds. The summed E-state index contributed by atoms with van der Waals surface area (Å²) in [5.74, 6) is 0. The lowest BCUT2D eigenvalue weighted by Gasteiger charge is -2.44. The lowest BCUT2D eigenvalue weighted by molar-refractivity contribution is 0.645. The van der Waals surface area contributed by atoms with E-state index in [1.54, 1.807) is 20.7 Å². The Kier molecular flexibility index (Phi) is 10.3. The SMILES string of the molecule is CC1(C)c2ccccc2[Si](C)(C)c2c(-c3cc(-c4cccc5c(-c6ccccc6)c6cccc(-c7cc(-c8cccc9c8[Si](C)(C)c8ccccc8C9(C)C)c8ccccc8c7)c6cc45)cc4ccccc34)cccc21. The summed E-state index contributed by atoms with van der Waals surface area (Å²) in [4.78, 5) is 0. The molecule has 0 saturated carbocycles. The first-order valence-corrected chi connectivity index (χ1v) is 33.3. The number of hydrogen-bond acceptors (Lipinski definition) is 0. The molecule has 0 aliphatic carbocycles. The van der Waals surface area contributed by atoms with Gasteiger partial charge in [0.05, 0.1) is 0 Å². The van der Waals surface area contributed by atoms with Crippen LogP contribution in [-0.2, 0) is 10.8 Å². The minimum absolute atomic E-state index is 0.117. The van der Waals surface area contributed by atoms with E-state index in [0.717, 1.165) is 0 Å². The number of benzene rings is 12. The molecule has 76 heavy (non-hydrogen) atoms. The Balaban J connectivity index is 1.03. The Morgan fingerprint density at radius 2 is 0.632 bits per heavy atom. The van der Waals surface area contributed by atoms with Crippen LogP contribution in [0.25, 0.3) is 98.7 Å². The Morgan fingerprint density at radius 1 is 0.263 bits per heavy atom. The molecule has 2 heterocycles. The van der Waals surface area contributed by atoms with Crippen molar-refractivity contribution in [2.24, 2.45) is 0 Å². The van der Waals surface area contributed by atoms with Crippen LogP contribution in [0.5, 0.6) is 0 Å². The normalized spacial score (nSPS) is 15.5. The molecular formula is C74H62Si2. The van der Waals surface area contributed by atoms with Crippen LogP contribution in [0.4, 0.5) is 0 Å². The summed E-state index contributed by atoms with van der Waals surface area (Å²) in [7, 11) is -4.33. The van der Waals surface area contributed by atoms with Gasteiger partial charge in [-0.3, -0.25) is 0 Å². The number of hydrogen-bond donors (Lipinski definition) is 0. The molecule has 2 aliphatic heterocycles. The van der Waals surface area contributed by atoms with Crippen molar-refractivity contribution in [3.63, 3.8) is 0 Å². The summed E-state index contributed by atoms with van der Waals surface area (Å²) in [6.07, 6.45) is 0. The van der Waals surface area contributed by atoms with Gasteiger partial charge in [-0.25, -0.2) is 0 Å². The smallest absolute Gasteiger partial charge is 0.0623 e. The zero-order valence-corrected chi connectivity index (χ0v) is 46.9. The first kappa shape index (κ1) is 46.6. The largest absolute Gasteiger partial charge is 0.113 e. The van der Waals surface area contributed by atoms with Gasteiger partial charge in [-0.15, -0.1) is 0 Å². The fraction of sp³-hybridized carbons (Fsp3) is 0.135. The van der Waals surface area contributed by atoms with Crippen LogP contribution in [0.3, 0.4) is 0 Å². The van der Waals surface area contributed by atoms with Crippen molar-refractivity contribution in [2.45, 2.75) is 64.7 Å². The molecule has 0 aromatic heterocycles. The van der Waals surface area contributed by atoms with E-state index in [9.17, 15) is 0 Å². The Labute approximate surface area is 450 Å². The average molecular weight is 1010 g/mol. The van der Waals surface area contributed by atoms with Crippen molar-refractivity contribution in [3.8, 4) is 55.6 Å². The molecule has 12 aromatic rings. The van der Waals surface area contributed by atoms with Crippen molar-refractivity contribution in [3.05, 3.63) is 253 Å². The molecule has 0 saturated heterocycles. The van der Waals surface area contributed by atoms with E-state index in [2.05, 4.69) is 284 Å². The molecule has 0 radical (unpaired) electrons. The third-order valence-electron chi connectivity index (χ3n) is 18.3. The zero-order valence-electron chi connectivity index (χ0n) is 44.9. The first-order chi connectivity index (χ1) is 36.7. The highest BCUT2D eigenvalue weighted by atomic mass is 28.3. The second kappa shape index (κ2) is 16.8. The maximum atomic E-state index is 2.57.